The molecule has 1 aromatic heterocycles. The molecule has 2 rings (SSSR count). The maximum Gasteiger partial charge on any atom is 0.259 e. The first-order valence-corrected chi connectivity index (χ1v) is 4.19. The van der Waals surface area contributed by atoms with Crippen molar-refractivity contribution in [3.63, 3.8) is 0 Å². The minimum absolute atomic E-state index is 0.201. The van der Waals surface area contributed by atoms with E-state index in [0.29, 0.717) is 11.1 Å². The second-order valence-electron chi connectivity index (χ2n) is 2.95. The molecule has 0 aliphatic rings. The molecule has 4 nitrogen and oxygen atoms in total. The molecular formula is C10H7FN4. The molecule has 0 radical (unpaired) electrons. The van der Waals surface area contributed by atoms with Crippen LogP contribution in [0.5, 0.6) is 0 Å². The van der Waals surface area contributed by atoms with Crippen LogP contribution in [0.15, 0.2) is 24.3 Å². The monoisotopic (exact) mass is 202 g/mol. The average Bonchev–Trinajstić information content (AvgIpc) is 2.59. The zero-order valence-electron chi connectivity index (χ0n) is 7.66. The molecule has 0 aliphatic carbocycles. The highest BCUT2D eigenvalue weighted by molar-refractivity contribution is 5.84. The zero-order valence-corrected chi connectivity index (χ0v) is 7.66. The Hall–Kier alpha value is -2.35. The molecule has 5 heteroatoms. The van der Waals surface area contributed by atoms with Crippen LogP contribution in [0.1, 0.15) is 0 Å². The SMILES string of the molecule is [C-]#[N+]c1[nH]nc(N)c1-c1cccc(F)c1. The predicted molar refractivity (Wildman–Crippen MR) is 54.7 cm³/mol. The largest absolute Gasteiger partial charge is 0.381 e. The lowest BCUT2D eigenvalue weighted by Crippen LogP contribution is -1.88. The third-order valence-corrected chi connectivity index (χ3v) is 2.00. The van der Waals surface area contributed by atoms with Gasteiger partial charge < -0.3 is 10.6 Å². The summed E-state index contributed by atoms with van der Waals surface area (Å²) < 4.78 is 13.0. The Balaban J connectivity index is 2.64. The van der Waals surface area contributed by atoms with Gasteiger partial charge in [0.15, 0.2) is 5.82 Å². The smallest absolute Gasteiger partial charge is 0.259 e. The van der Waals surface area contributed by atoms with Crippen LogP contribution >= 0.6 is 0 Å². The summed E-state index contributed by atoms with van der Waals surface area (Å²) in [4.78, 5) is 3.23. The number of halogens is 1. The van der Waals surface area contributed by atoms with Gasteiger partial charge >= 0.3 is 0 Å². The number of rotatable bonds is 1. The van der Waals surface area contributed by atoms with E-state index in [2.05, 4.69) is 15.0 Å². The Morgan fingerprint density at radius 1 is 1.47 bits per heavy atom. The van der Waals surface area contributed by atoms with Crippen molar-refractivity contribution in [2.75, 3.05) is 5.73 Å². The van der Waals surface area contributed by atoms with Crippen LogP contribution in [-0.2, 0) is 0 Å². The first-order chi connectivity index (χ1) is 7.22. The summed E-state index contributed by atoms with van der Waals surface area (Å²) in [6, 6.07) is 5.89. The van der Waals surface area contributed by atoms with E-state index in [1.54, 1.807) is 12.1 Å². The number of nitrogens with one attached hydrogen (secondary N) is 1. The van der Waals surface area contributed by atoms with Crippen molar-refractivity contribution in [3.05, 3.63) is 41.5 Å². The fraction of sp³-hybridized carbons (Fsp3) is 0. The lowest BCUT2D eigenvalue weighted by Gasteiger charge is -2.00. The number of nitrogen functional groups attached to an aromatic ring is 1. The first kappa shape index (κ1) is 9.21. The predicted octanol–water partition coefficient (Wildman–Crippen LogP) is 2.35. The second-order valence-corrected chi connectivity index (χ2v) is 2.95. The topological polar surface area (TPSA) is 59.1 Å². The number of benzene rings is 1. The summed E-state index contributed by atoms with van der Waals surface area (Å²) in [6.45, 7) is 6.91. The van der Waals surface area contributed by atoms with Crippen LogP contribution in [0.2, 0.25) is 0 Å². The van der Waals surface area contributed by atoms with E-state index < -0.39 is 0 Å². The quantitative estimate of drug-likeness (QED) is 0.697. The highest BCUT2D eigenvalue weighted by Crippen LogP contribution is 2.33. The van der Waals surface area contributed by atoms with Crippen molar-refractivity contribution < 1.29 is 4.39 Å². The molecule has 0 atom stereocenters. The van der Waals surface area contributed by atoms with Crippen LogP contribution in [-0.4, -0.2) is 10.2 Å². The lowest BCUT2D eigenvalue weighted by atomic mass is 10.1. The molecule has 0 saturated carbocycles. The van der Waals surface area contributed by atoms with Crippen molar-refractivity contribution in [1.82, 2.24) is 10.2 Å². The van der Waals surface area contributed by atoms with E-state index in [4.69, 9.17) is 12.3 Å². The van der Waals surface area contributed by atoms with Gasteiger partial charge in [0.2, 0.25) is 0 Å². The molecule has 0 aliphatic heterocycles. The number of aromatic nitrogens is 2. The van der Waals surface area contributed by atoms with Crippen LogP contribution in [0.3, 0.4) is 0 Å². The normalized spacial score (nSPS) is 9.87. The Morgan fingerprint density at radius 3 is 2.93 bits per heavy atom. The minimum Gasteiger partial charge on any atom is -0.381 e. The first-order valence-electron chi connectivity index (χ1n) is 4.19. The molecule has 74 valence electrons. The number of nitrogens with two attached hydrogens (primary N) is 1. The Morgan fingerprint density at radius 2 is 2.27 bits per heavy atom. The van der Waals surface area contributed by atoms with Crippen molar-refractivity contribution in [3.8, 4) is 11.1 Å². The van der Waals surface area contributed by atoms with Gasteiger partial charge in [0.25, 0.3) is 5.82 Å². The highest BCUT2D eigenvalue weighted by Gasteiger charge is 2.13. The average molecular weight is 202 g/mol. The van der Waals surface area contributed by atoms with E-state index in [9.17, 15) is 4.39 Å². The van der Waals surface area contributed by atoms with Crippen molar-refractivity contribution >= 4 is 11.6 Å². The molecule has 1 aromatic carbocycles. The number of H-pyrrole nitrogens is 1. The number of anilines is 1. The molecule has 3 N–H and O–H groups in total. The van der Waals surface area contributed by atoms with Crippen LogP contribution in [0.4, 0.5) is 16.0 Å². The highest BCUT2D eigenvalue weighted by atomic mass is 19.1. The third kappa shape index (κ3) is 1.53. The van der Waals surface area contributed by atoms with E-state index in [0.717, 1.165) is 0 Å². The Bertz CT molecular complexity index is 539. The summed E-state index contributed by atoms with van der Waals surface area (Å²) >= 11 is 0. The molecule has 0 unspecified atom stereocenters. The maximum atomic E-state index is 13.0. The fourth-order valence-electron chi connectivity index (χ4n) is 1.36. The number of hydrogen-bond donors (Lipinski definition) is 2. The van der Waals surface area contributed by atoms with Gasteiger partial charge in [0.05, 0.1) is 5.56 Å². The van der Waals surface area contributed by atoms with Crippen molar-refractivity contribution in [2.45, 2.75) is 0 Å². The molecule has 0 bridgehead atoms. The minimum atomic E-state index is -0.371. The van der Waals surface area contributed by atoms with Crippen LogP contribution in [0, 0.1) is 12.4 Å². The second kappa shape index (κ2) is 3.42. The zero-order chi connectivity index (χ0) is 10.8. The Kier molecular flexibility index (Phi) is 2.10. The molecule has 0 amide bonds. The summed E-state index contributed by atoms with van der Waals surface area (Å²) in [5.41, 5.74) is 6.59. The van der Waals surface area contributed by atoms with E-state index in [1.165, 1.54) is 12.1 Å². The van der Waals surface area contributed by atoms with Crippen LogP contribution in [0.25, 0.3) is 16.0 Å². The fourth-order valence-corrected chi connectivity index (χ4v) is 1.36. The standard InChI is InChI=1S/C10H7FN4/c1-13-10-8(9(12)14-15-10)6-3-2-4-7(11)5-6/h2-5H,(H3,12,14,15). The van der Waals surface area contributed by atoms with Crippen molar-refractivity contribution in [1.29, 1.82) is 0 Å². The van der Waals surface area contributed by atoms with Gasteiger partial charge in [-0.15, -0.1) is 0 Å². The Labute approximate surface area is 85.4 Å². The van der Waals surface area contributed by atoms with E-state index in [1.807, 2.05) is 0 Å². The number of nitrogens with zero attached hydrogens (tertiary/aromatic N) is 2. The number of aromatic amines is 1. The molecule has 0 fully saturated rings. The molecule has 1 heterocycles. The van der Waals surface area contributed by atoms with Crippen molar-refractivity contribution in [2.24, 2.45) is 0 Å². The van der Waals surface area contributed by atoms with Crippen LogP contribution < -0.4 is 5.73 Å². The molecule has 15 heavy (non-hydrogen) atoms. The van der Waals surface area contributed by atoms with Gasteiger partial charge in [0, 0.05) is 0 Å². The molecule has 0 spiro atoms. The van der Waals surface area contributed by atoms with Gasteiger partial charge in [-0.25, -0.2) is 9.49 Å². The maximum absolute atomic E-state index is 13.0. The van der Waals surface area contributed by atoms with Gasteiger partial charge in [-0.05, 0) is 17.7 Å². The van der Waals surface area contributed by atoms with Gasteiger partial charge in [-0.1, -0.05) is 23.8 Å². The molecule has 2 aromatic rings. The van der Waals surface area contributed by atoms with Gasteiger partial charge in [0.1, 0.15) is 5.82 Å². The van der Waals surface area contributed by atoms with Gasteiger partial charge in [-0.3, -0.25) is 0 Å². The summed E-state index contributed by atoms with van der Waals surface area (Å²) in [6.07, 6.45) is 0. The molecular weight excluding hydrogens is 195 g/mol. The lowest BCUT2D eigenvalue weighted by molar-refractivity contribution is 0.628. The third-order valence-electron chi connectivity index (χ3n) is 2.00. The van der Waals surface area contributed by atoms with E-state index in [-0.39, 0.29) is 17.5 Å². The molecule has 0 saturated heterocycles. The number of hydrogen-bond acceptors (Lipinski definition) is 2. The summed E-state index contributed by atoms with van der Waals surface area (Å²) in [7, 11) is 0. The van der Waals surface area contributed by atoms with Gasteiger partial charge in [-0.2, -0.15) is 0 Å². The summed E-state index contributed by atoms with van der Waals surface area (Å²) in [5.74, 6) is 0.0498. The summed E-state index contributed by atoms with van der Waals surface area (Å²) in [5, 5.41) is 6.20. The van der Waals surface area contributed by atoms with E-state index >= 15 is 0 Å².